The molecule has 0 heterocycles. The van der Waals surface area contributed by atoms with Crippen LogP contribution in [0.5, 0.6) is 0 Å². The molecule has 9 nitrogen and oxygen atoms in total. The fraction of sp³-hybridized carbons (Fsp3) is 0.188. The first-order valence-electron chi connectivity index (χ1n) is 7.69. The van der Waals surface area contributed by atoms with E-state index in [2.05, 4.69) is 15.4 Å². The number of nitrogens with one attached hydrogen (secondary N) is 3. The van der Waals surface area contributed by atoms with Gasteiger partial charge in [0.1, 0.15) is 0 Å². The number of hydrogen-bond donors (Lipinski definition) is 3. The summed E-state index contributed by atoms with van der Waals surface area (Å²) >= 11 is 5.92. The number of carbonyl (C=O) groups is 1. The lowest BCUT2D eigenvalue weighted by molar-refractivity contribution is -0.384. The summed E-state index contributed by atoms with van der Waals surface area (Å²) in [5.74, 6) is -0.395. The van der Waals surface area contributed by atoms with Crippen molar-refractivity contribution in [1.29, 1.82) is 0 Å². The van der Waals surface area contributed by atoms with Crippen molar-refractivity contribution in [2.75, 3.05) is 29.4 Å². The lowest BCUT2D eigenvalue weighted by Crippen LogP contribution is -2.28. The van der Waals surface area contributed by atoms with Crippen LogP contribution >= 0.6 is 11.6 Å². The maximum atomic E-state index is 12.2. The molecule has 2 aromatic rings. The third kappa shape index (κ3) is 6.42. The molecule has 27 heavy (non-hydrogen) atoms. The minimum Gasteiger partial charge on any atom is -0.383 e. The Bertz CT molecular complexity index is 948. The molecule has 11 heteroatoms. The number of amides is 1. The number of nitro benzene ring substituents is 1. The van der Waals surface area contributed by atoms with Crippen molar-refractivity contribution in [3.05, 3.63) is 63.2 Å². The molecule has 0 aliphatic carbocycles. The Morgan fingerprint density at radius 1 is 1.15 bits per heavy atom. The smallest absolute Gasteiger partial charge is 0.269 e. The Balaban J connectivity index is 1.88. The van der Waals surface area contributed by atoms with E-state index >= 15 is 0 Å². The van der Waals surface area contributed by atoms with Crippen LogP contribution in [0.15, 0.2) is 42.5 Å². The number of rotatable bonds is 8. The molecule has 0 aliphatic heterocycles. The molecule has 0 aliphatic rings. The SMILES string of the molecule is CS(=O)(=O)Nc1cc(C(=O)NCCNc2ccc([N+](=O)[O-])cc2)ccc1Cl. The van der Waals surface area contributed by atoms with E-state index in [9.17, 15) is 23.3 Å². The second-order valence-electron chi connectivity index (χ2n) is 5.56. The van der Waals surface area contributed by atoms with Gasteiger partial charge in [-0.1, -0.05) is 11.6 Å². The van der Waals surface area contributed by atoms with E-state index in [4.69, 9.17) is 11.6 Å². The number of non-ortho nitro benzene ring substituents is 1. The van der Waals surface area contributed by atoms with Crippen molar-refractivity contribution >= 4 is 44.6 Å². The molecule has 144 valence electrons. The summed E-state index contributed by atoms with van der Waals surface area (Å²) in [6, 6.07) is 10.2. The topological polar surface area (TPSA) is 130 Å². The van der Waals surface area contributed by atoms with E-state index in [1.165, 1.54) is 30.3 Å². The van der Waals surface area contributed by atoms with E-state index in [-0.39, 0.29) is 28.5 Å². The summed E-state index contributed by atoms with van der Waals surface area (Å²) in [5, 5.41) is 16.5. The number of carbonyl (C=O) groups excluding carboxylic acids is 1. The quantitative estimate of drug-likeness (QED) is 0.347. The molecule has 0 radical (unpaired) electrons. The Hall–Kier alpha value is -2.85. The molecular formula is C16H17ClN4O5S. The lowest BCUT2D eigenvalue weighted by Gasteiger charge is -2.10. The predicted octanol–water partition coefficient (Wildman–Crippen LogP) is 2.46. The number of benzene rings is 2. The normalized spacial score (nSPS) is 10.9. The van der Waals surface area contributed by atoms with Gasteiger partial charge in [-0.15, -0.1) is 0 Å². The van der Waals surface area contributed by atoms with Crippen LogP contribution in [0.4, 0.5) is 17.1 Å². The standard InChI is InChI=1S/C16H17ClN4O5S/c1-27(25,26)20-15-10-11(2-7-14(15)17)16(22)19-9-8-18-12-3-5-13(6-4-12)21(23)24/h2-7,10,18,20H,8-9H2,1H3,(H,19,22). The largest absolute Gasteiger partial charge is 0.383 e. The van der Waals surface area contributed by atoms with Crippen LogP contribution in [-0.2, 0) is 10.0 Å². The second kappa shape index (κ2) is 8.69. The van der Waals surface area contributed by atoms with E-state index < -0.39 is 20.9 Å². The summed E-state index contributed by atoms with van der Waals surface area (Å²) in [7, 11) is -3.52. The summed E-state index contributed by atoms with van der Waals surface area (Å²) in [6.45, 7) is 0.679. The van der Waals surface area contributed by atoms with Gasteiger partial charge in [0.15, 0.2) is 0 Å². The van der Waals surface area contributed by atoms with Crippen LogP contribution in [0, 0.1) is 10.1 Å². The van der Waals surface area contributed by atoms with Crippen LogP contribution in [0.25, 0.3) is 0 Å². The van der Waals surface area contributed by atoms with Gasteiger partial charge in [-0.3, -0.25) is 19.6 Å². The summed E-state index contributed by atoms with van der Waals surface area (Å²) in [5.41, 5.74) is 1.05. The second-order valence-corrected chi connectivity index (χ2v) is 7.71. The molecule has 3 N–H and O–H groups in total. The molecule has 0 spiro atoms. The Morgan fingerprint density at radius 3 is 2.41 bits per heavy atom. The van der Waals surface area contributed by atoms with Gasteiger partial charge in [0.2, 0.25) is 10.0 Å². The molecule has 0 atom stereocenters. The van der Waals surface area contributed by atoms with Gasteiger partial charge in [0, 0.05) is 36.5 Å². The molecule has 2 rings (SSSR count). The molecule has 0 saturated heterocycles. The molecule has 2 aromatic carbocycles. The minimum atomic E-state index is -3.52. The zero-order valence-electron chi connectivity index (χ0n) is 14.2. The number of nitro groups is 1. The van der Waals surface area contributed by atoms with Crippen LogP contribution in [0.1, 0.15) is 10.4 Å². The van der Waals surface area contributed by atoms with Gasteiger partial charge >= 0.3 is 0 Å². The Labute approximate surface area is 160 Å². The van der Waals surface area contributed by atoms with Crippen molar-refractivity contribution in [2.24, 2.45) is 0 Å². The molecule has 0 unspecified atom stereocenters. The minimum absolute atomic E-state index is 0.00454. The van der Waals surface area contributed by atoms with Gasteiger partial charge in [-0.25, -0.2) is 8.42 Å². The first-order chi connectivity index (χ1) is 12.7. The van der Waals surface area contributed by atoms with Crippen LogP contribution in [-0.4, -0.2) is 38.6 Å². The first-order valence-corrected chi connectivity index (χ1v) is 9.96. The van der Waals surface area contributed by atoms with E-state index in [1.54, 1.807) is 12.1 Å². The van der Waals surface area contributed by atoms with Crippen molar-refractivity contribution in [2.45, 2.75) is 0 Å². The number of nitrogens with zero attached hydrogens (tertiary/aromatic N) is 1. The van der Waals surface area contributed by atoms with Crippen molar-refractivity contribution < 1.29 is 18.1 Å². The number of sulfonamides is 1. The zero-order valence-corrected chi connectivity index (χ0v) is 15.8. The van der Waals surface area contributed by atoms with Gasteiger partial charge in [-0.05, 0) is 30.3 Å². The predicted molar refractivity (Wildman–Crippen MR) is 104 cm³/mol. The molecule has 0 bridgehead atoms. The number of anilines is 2. The summed E-state index contributed by atoms with van der Waals surface area (Å²) < 4.78 is 24.9. The number of halogens is 1. The van der Waals surface area contributed by atoms with Crippen LogP contribution in [0.2, 0.25) is 5.02 Å². The van der Waals surface area contributed by atoms with Crippen molar-refractivity contribution in [3.63, 3.8) is 0 Å². The molecule has 0 aromatic heterocycles. The molecular weight excluding hydrogens is 396 g/mol. The first kappa shape index (κ1) is 20.5. The third-order valence-corrected chi connectivity index (χ3v) is 4.26. The summed E-state index contributed by atoms with van der Waals surface area (Å²) in [4.78, 5) is 22.3. The Morgan fingerprint density at radius 2 is 1.81 bits per heavy atom. The third-order valence-electron chi connectivity index (χ3n) is 3.34. The number of hydrogen-bond acceptors (Lipinski definition) is 6. The maximum absolute atomic E-state index is 12.2. The monoisotopic (exact) mass is 412 g/mol. The highest BCUT2D eigenvalue weighted by molar-refractivity contribution is 7.92. The van der Waals surface area contributed by atoms with Gasteiger partial charge in [0.25, 0.3) is 11.6 Å². The van der Waals surface area contributed by atoms with Crippen molar-refractivity contribution in [1.82, 2.24) is 5.32 Å². The van der Waals surface area contributed by atoms with Gasteiger partial charge in [0.05, 0.1) is 21.9 Å². The van der Waals surface area contributed by atoms with E-state index in [0.717, 1.165) is 6.26 Å². The fourth-order valence-corrected chi connectivity index (χ4v) is 2.92. The molecule has 0 saturated carbocycles. The van der Waals surface area contributed by atoms with E-state index in [0.29, 0.717) is 12.2 Å². The van der Waals surface area contributed by atoms with Gasteiger partial charge < -0.3 is 10.6 Å². The van der Waals surface area contributed by atoms with Crippen LogP contribution in [0.3, 0.4) is 0 Å². The van der Waals surface area contributed by atoms with Crippen molar-refractivity contribution in [3.8, 4) is 0 Å². The average molecular weight is 413 g/mol. The molecule has 0 fully saturated rings. The van der Waals surface area contributed by atoms with Gasteiger partial charge in [-0.2, -0.15) is 0 Å². The maximum Gasteiger partial charge on any atom is 0.269 e. The average Bonchev–Trinajstić information content (AvgIpc) is 2.59. The van der Waals surface area contributed by atoms with Crippen LogP contribution < -0.4 is 15.4 Å². The lowest BCUT2D eigenvalue weighted by atomic mass is 10.2. The summed E-state index contributed by atoms with van der Waals surface area (Å²) in [6.07, 6.45) is 0.986. The molecule has 1 amide bonds. The highest BCUT2D eigenvalue weighted by Gasteiger charge is 2.11. The fourth-order valence-electron chi connectivity index (χ4n) is 2.13. The highest BCUT2D eigenvalue weighted by Crippen LogP contribution is 2.24. The highest BCUT2D eigenvalue weighted by atomic mass is 35.5. The van der Waals surface area contributed by atoms with E-state index in [1.807, 2.05) is 0 Å². The zero-order chi connectivity index (χ0) is 20.0. The Kier molecular flexibility index (Phi) is 6.59.